The van der Waals surface area contributed by atoms with Crippen LogP contribution in [0.15, 0.2) is 24.3 Å². The fourth-order valence-corrected chi connectivity index (χ4v) is 3.91. The van der Waals surface area contributed by atoms with Crippen molar-refractivity contribution in [2.24, 2.45) is 0 Å². The quantitative estimate of drug-likeness (QED) is 0.741. The van der Waals surface area contributed by atoms with Crippen molar-refractivity contribution in [2.75, 3.05) is 52.9 Å². The Morgan fingerprint density at radius 2 is 1.86 bits per heavy atom. The number of likely N-dealkylation sites (N-methyl/N-ethyl adjacent to an activating group) is 1. The normalized spacial score (nSPS) is 21.1. The summed E-state index contributed by atoms with van der Waals surface area (Å²) in [4.78, 5) is 29.4. The second kappa shape index (κ2) is 10.9. The maximum absolute atomic E-state index is 13.1. The van der Waals surface area contributed by atoms with E-state index >= 15 is 0 Å². The van der Waals surface area contributed by atoms with Crippen LogP contribution in [0.1, 0.15) is 24.5 Å². The van der Waals surface area contributed by atoms with Crippen LogP contribution in [0.5, 0.6) is 0 Å². The zero-order valence-corrected chi connectivity index (χ0v) is 17.4. The second-order valence-electron chi connectivity index (χ2n) is 7.57. The number of carboxylic acids is 1. The van der Waals surface area contributed by atoms with Crippen molar-refractivity contribution < 1.29 is 23.8 Å². The Morgan fingerprint density at radius 1 is 1.21 bits per heavy atom. The molecule has 1 N–H and O–H groups in total. The minimum Gasteiger partial charge on any atom is -0.480 e. The molecule has 1 aromatic rings. The summed E-state index contributed by atoms with van der Waals surface area (Å²) in [7, 11) is 1.84. The van der Waals surface area contributed by atoms with Gasteiger partial charge in [-0.05, 0) is 37.6 Å². The number of hydrogen-bond acceptors (Lipinski definition) is 5. The summed E-state index contributed by atoms with van der Waals surface area (Å²) in [6.07, 6.45) is 1.49. The first-order chi connectivity index (χ1) is 13.4. The molecule has 2 aliphatic rings. The third-order valence-electron chi connectivity index (χ3n) is 5.58. The smallest absolute Gasteiger partial charge is 0.317 e. The summed E-state index contributed by atoms with van der Waals surface area (Å²) in [5.74, 6) is -1.03. The molecule has 9 heteroatoms. The molecule has 7 nitrogen and oxygen atoms in total. The van der Waals surface area contributed by atoms with E-state index in [0.29, 0.717) is 26.2 Å². The Morgan fingerprint density at radius 3 is 2.48 bits per heavy atom. The molecule has 0 aromatic heterocycles. The lowest BCUT2D eigenvalue weighted by atomic mass is 10.0. The van der Waals surface area contributed by atoms with Crippen LogP contribution in [-0.2, 0) is 14.3 Å². The number of rotatable bonds is 6. The zero-order chi connectivity index (χ0) is 20.1. The van der Waals surface area contributed by atoms with Gasteiger partial charge in [-0.25, -0.2) is 4.39 Å². The third-order valence-corrected chi connectivity index (χ3v) is 5.58. The molecule has 2 saturated heterocycles. The first-order valence-corrected chi connectivity index (χ1v) is 9.71. The predicted octanol–water partition coefficient (Wildman–Crippen LogP) is 1.63. The highest BCUT2D eigenvalue weighted by molar-refractivity contribution is 5.85. The summed E-state index contributed by atoms with van der Waals surface area (Å²) in [6.45, 7) is 3.48. The number of piperidine rings is 1. The Bertz CT molecular complexity index is 683. The molecule has 0 saturated carbocycles. The van der Waals surface area contributed by atoms with Gasteiger partial charge in [0.05, 0.1) is 26.2 Å². The van der Waals surface area contributed by atoms with Gasteiger partial charge in [-0.2, -0.15) is 0 Å². The van der Waals surface area contributed by atoms with Crippen LogP contribution in [0.25, 0.3) is 0 Å². The number of hydrogen-bond donors (Lipinski definition) is 1. The van der Waals surface area contributed by atoms with Crippen molar-refractivity contribution in [2.45, 2.75) is 25.0 Å². The molecule has 2 aliphatic heterocycles. The monoisotopic (exact) mass is 429 g/mol. The summed E-state index contributed by atoms with van der Waals surface area (Å²) in [5, 5.41) is 8.92. The van der Waals surface area contributed by atoms with Gasteiger partial charge in [0, 0.05) is 25.7 Å². The van der Waals surface area contributed by atoms with Crippen LogP contribution < -0.4 is 0 Å². The number of aliphatic carboxylic acids is 1. The molecule has 1 unspecified atom stereocenters. The van der Waals surface area contributed by atoms with Gasteiger partial charge in [0.1, 0.15) is 11.9 Å². The maximum atomic E-state index is 13.1. The molecule has 2 fully saturated rings. The lowest BCUT2D eigenvalue weighted by Gasteiger charge is -2.38. The Hall–Kier alpha value is -1.74. The molecule has 0 aliphatic carbocycles. The number of halogens is 2. The van der Waals surface area contributed by atoms with Gasteiger partial charge >= 0.3 is 5.97 Å². The van der Waals surface area contributed by atoms with Crippen LogP contribution in [0.4, 0.5) is 4.39 Å². The highest BCUT2D eigenvalue weighted by Gasteiger charge is 2.29. The van der Waals surface area contributed by atoms with Crippen LogP contribution in [-0.4, -0.2) is 90.6 Å². The molecular weight excluding hydrogens is 401 g/mol. The van der Waals surface area contributed by atoms with Crippen molar-refractivity contribution in [3.8, 4) is 0 Å². The van der Waals surface area contributed by atoms with Crippen LogP contribution >= 0.6 is 12.4 Å². The van der Waals surface area contributed by atoms with E-state index in [1.54, 1.807) is 12.1 Å². The predicted molar refractivity (Wildman–Crippen MR) is 109 cm³/mol. The van der Waals surface area contributed by atoms with Crippen molar-refractivity contribution in [3.05, 3.63) is 35.6 Å². The van der Waals surface area contributed by atoms with Gasteiger partial charge in [-0.15, -0.1) is 12.4 Å². The van der Waals surface area contributed by atoms with Gasteiger partial charge in [-0.3, -0.25) is 19.4 Å². The van der Waals surface area contributed by atoms with Crippen LogP contribution in [0, 0.1) is 5.82 Å². The number of likely N-dealkylation sites (tertiary alicyclic amines) is 1. The highest BCUT2D eigenvalue weighted by Crippen LogP contribution is 2.23. The average molecular weight is 430 g/mol. The number of amides is 1. The minimum absolute atomic E-state index is 0. The number of ether oxygens (including phenoxy) is 1. The Kier molecular flexibility index (Phi) is 8.82. The molecule has 2 heterocycles. The molecule has 1 aromatic carbocycles. The van der Waals surface area contributed by atoms with Gasteiger partial charge < -0.3 is 14.7 Å². The number of carboxylic acid groups (broad SMARTS) is 1. The fraction of sp³-hybridized carbons (Fsp3) is 0.600. The molecule has 0 spiro atoms. The van der Waals surface area contributed by atoms with Crippen LogP contribution in [0.3, 0.4) is 0 Å². The minimum atomic E-state index is -0.817. The van der Waals surface area contributed by atoms with Gasteiger partial charge in [0.2, 0.25) is 5.91 Å². The van der Waals surface area contributed by atoms with Gasteiger partial charge in [-0.1, -0.05) is 12.1 Å². The topological polar surface area (TPSA) is 73.3 Å². The first-order valence-electron chi connectivity index (χ1n) is 9.71. The Balaban J connectivity index is 0.00000300. The van der Waals surface area contributed by atoms with E-state index in [1.807, 2.05) is 16.8 Å². The van der Waals surface area contributed by atoms with E-state index in [2.05, 4.69) is 4.90 Å². The van der Waals surface area contributed by atoms with Crippen molar-refractivity contribution in [3.63, 3.8) is 0 Å². The fourth-order valence-electron chi connectivity index (χ4n) is 3.91. The molecule has 162 valence electrons. The molecule has 1 atom stereocenters. The summed E-state index contributed by atoms with van der Waals surface area (Å²) in [5.41, 5.74) is 0.876. The first kappa shape index (κ1) is 23.5. The Labute approximate surface area is 176 Å². The number of benzene rings is 1. The van der Waals surface area contributed by atoms with E-state index in [-0.39, 0.29) is 42.8 Å². The maximum Gasteiger partial charge on any atom is 0.317 e. The number of carbonyl (C=O) groups excluding carboxylic acids is 1. The largest absolute Gasteiger partial charge is 0.480 e. The highest BCUT2D eigenvalue weighted by atomic mass is 35.5. The van der Waals surface area contributed by atoms with E-state index < -0.39 is 5.97 Å². The second-order valence-corrected chi connectivity index (χ2v) is 7.57. The molecular formula is C20H29ClFN3O4. The van der Waals surface area contributed by atoms with Crippen molar-refractivity contribution in [1.29, 1.82) is 0 Å². The van der Waals surface area contributed by atoms with E-state index in [1.165, 1.54) is 12.1 Å². The summed E-state index contributed by atoms with van der Waals surface area (Å²) < 4.78 is 18.9. The lowest BCUT2D eigenvalue weighted by Crippen LogP contribution is -2.50. The SMILES string of the molecule is CN(CC(=O)O)C1CCN(CC(=O)N2CCOC(c3ccc(F)cc3)C2)CC1.Cl. The number of carbonyl (C=O) groups is 2. The number of morpholine rings is 1. The summed E-state index contributed by atoms with van der Waals surface area (Å²) >= 11 is 0. The molecule has 3 rings (SSSR count). The van der Waals surface area contributed by atoms with Crippen molar-refractivity contribution in [1.82, 2.24) is 14.7 Å². The van der Waals surface area contributed by atoms with Crippen molar-refractivity contribution >= 4 is 24.3 Å². The van der Waals surface area contributed by atoms with Crippen LogP contribution in [0.2, 0.25) is 0 Å². The lowest BCUT2D eigenvalue weighted by molar-refractivity contribution is -0.140. The van der Waals surface area contributed by atoms with Gasteiger partial charge in [0.15, 0.2) is 0 Å². The van der Waals surface area contributed by atoms with E-state index in [9.17, 15) is 14.0 Å². The molecule has 29 heavy (non-hydrogen) atoms. The summed E-state index contributed by atoms with van der Waals surface area (Å²) in [6, 6.07) is 6.46. The van der Waals surface area contributed by atoms with E-state index in [4.69, 9.17) is 9.84 Å². The number of nitrogens with zero attached hydrogens (tertiary/aromatic N) is 3. The van der Waals surface area contributed by atoms with E-state index in [0.717, 1.165) is 31.5 Å². The molecule has 0 bridgehead atoms. The zero-order valence-electron chi connectivity index (χ0n) is 16.6. The van der Waals surface area contributed by atoms with Gasteiger partial charge in [0.25, 0.3) is 0 Å². The average Bonchev–Trinajstić information content (AvgIpc) is 2.68. The molecule has 1 amide bonds. The third kappa shape index (κ3) is 6.64. The molecule has 0 radical (unpaired) electrons. The standard InChI is InChI=1S/C20H28FN3O4.ClH/c1-22(14-20(26)27)17-6-8-23(9-7-17)13-19(25)24-10-11-28-18(12-24)15-2-4-16(21)5-3-15;/h2-5,17-18H,6-14H2,1H3,(H,26,27);1H.